The van der Waals surface area contributed by atoms with E-state index in [1.165, 1.54) is 11.8 Å². The topological polar surface area (TPSA) is 49.4 Å². The predicted octanol–water partition coefficient (Wildman–Crippen LogP) is 2.59. The number of rotatable bonds is 4. The largest absolute Gasteiger partial charge is 0.326 e. The van der Waals surface area contributed by atoms with Gasteiger partial charge in [-0.3, -0.25) is 4.79 Å². The zero-order valence-electron chi connectivity index (χ0n) is 9.87. The van der Waals surface area contributed by atoms with E-state index in [2.05, 4.69) is 5.32 Å². The second-order valence-electron chi connectivity index (χ2n) is 3.67. The Morgan fingerprint density at radius 3 is 2.35 bits per heavy atom. The van der Waals surface area contributed by atoms with Gasteiger partial charge in [-0.25, -0.2) is 4.79 Å². The molecule has 2 amide bonds. The van der Waals surface area contributed by atoms with Crippen LogP contribution in [0.4, 0.5) is 10.5 Å². The average molecular weight is 255 g/mol. The lowest BCUT2D eigenvalue weighted by atomic mass is 10.1. The van der Waals surface area contributed by atoms with Gasteiger partial charge in [-0.05, 0) is 31.2 Å². The quantitative estimate of drug-likeness (QED) is 0.663. The van der Waals surface area contributed by atoms with Gasteiger partial charge in [0.15, 0.2) is 5.78 Å². The minimum Gasteiger partial charge on any atom is -0.326 e. The summed E-state index contributed by atoms with van der Waals surface area (Å²) < 4.78 is 0. The van der Waals surface area contributed by atoms with E-state index < -0.39 is 0 Å². The Balaban J connectivity index is 2.63. The van der Waals surface area contributed by atoms with Crippen LogP contribution in [0.3, 0.4) is 0 Å². The molecule has 0 aliphatic rings. The van der Waals surface area contributed by atoms with Gasteiger partial charge in [0, 0.05) is 30.7 Å². The number of halogens is 1. The molecule has 1 aromatic carbocycles. The number of carbonyl (C=O) groups excluding carboxylic acids is 2. The zero-order chi connectivity index (χ0) is 12.8. The smallest absolute Gasteiger partial charge is 0.321 e. The minimum absolute atomic E-state index is 0.00198. The summed E-state index contributed by atoms with van der Waals surface area (Å²) in [5, 5.41) is 2.71. The molecule has 0 unspecified atom stereocenters. The van der Waals surface area contributed by atoms with E-state index in [0.717, 1.165) is 0 Å². The number of carbonyl (C=O) groups is 2. The van der Waals surface area contributed by atoms with E-state index in [4.69, 9.17) is 11.6 Å². The number of nitrogens with zero attached hydrogens (tertiary/aromatic N) is 1. The summed E-state index contributed by atoms with van der Waals surface area (Å²) >= 11 is 5.54. The number of benzene rings is 1. The molecule has 1 rings (SSSR count). The lowest BCUT2D eigenvalue weighted by Gasteiger charge is -2.16. The number of ketones is 1. The van der Waals surface area contributed by atoms with E-state index >= 15 is 0 Å². The highest BCUT2D eigenvalue weighted by Gasteiger charge is 2.07. The molecule has 1 N–H and O–H groups in total. The molecule has 0 radical (unpaired) electrons. The minimum atomic E-state index is -0.221. The summed E-state index contributed by atoms with van der Waals surface area (Å²) in [6.45, 7) is 1.99. The maximum absolute atomic E-state index is 11.6. The molecule has 17 heavy (non-hydrogen) atoms. The SMILES string of the molecule is CC(=O)c1ccc(NC(=O)N(C)CCCl)cc1. The number of nitrogens with one attached hydrogen (secondary N) is 1. The molecule has 0 aliphatic carbocycles. The lowest BCUT2D eigenvalue weighted by molar-refractivity contribution is 0.101. The highest BCUT2D eigenvalue weighted by molar-refractivity contribution is 6.18. The first-order valence-electron chi connectivity index (χ1n) is 5.23. The molecule has 1 aromatic rings. The first kappa shape index (κ1) is 13.5. The molecule has 0 saturated heterocycles. The van der Waals surface area contributed by atoms with E-state index in [9.17, 15) is 9.59 Å². The van der Waals surface area contributed by atoms with Crippen molar-refractivity contribution < 1.29 is 9.59 Å². The Kier molecular flexibility index (Phi) is 4.97. The number of amides is 2. The first-order chi connectivity index (χ1) is 8.04. The van der Waals surface area contributed by atoms with E-state index in [0.29, 0.717) is 23.7 Å². The Hall–Kier alpha value is -1.55. The number of anilines is 1. The molecule has 0 aliphatic heterocycles. The maximum atomic E-state index is 11.6. The van der Waals surface area contributed by atoms with Crippen LogP contribution in [0.2, 0.25) is 0 Å². The molecule has 0 bridgehead atoms. The summed E-state index contributed by atoms with van der Waals surface area (Å²) in [7, 11) is 1.67. The van der Waals surface area contributed by atoms with Crippen molar-refractivity contribution in [3.8, 4) is 0 Å². The molecule has 0 spiro atoms. The second kappa shape index (κ2) is 6.25. The Morgan fingerprint density at radius 2 is 1.88 bits per heavy atom. The molecule has 0 saturated carbocycles. The van der Waals surface area contributed by atoms with Crippen molar-refractivity contribution in [2.24, 2.45) is 0 Å². The molecule has 0 heterocycles. The van der Waals surface area contributed by atoms with Crippen molar-refractivity contribution in [1.82, 2.24) is 4.90 Å². The van der Waals surface area contributed by atoms with Gasteiger partial charge < -0.3 is 10.2 Å². The van der Waals surface area contributed by atoms with Crippen LogP contribution < -0.4 is 5.32 Å². The van der Waals surface area contributed by atoms with Crippen LogP contribution in [0, 0.1) is 0 Å². The van der Waals surface area contributed by atoms with Gasteiger partial charge in [-0.15, -0.1) is 11.6 Å². The zero-order valence-corrected chi connectivity index (χ0v) is 10.6. The van der Waals surface area contributed by atoms with Gasteiger partial charge >= 0.3 is 6.03 Å². The molecule has 5 heteroatoms. The van der Waals surface area contributed by atoms with Crippen molar-refractivity contribution in [3.05, 3.63) is 29.8 Å². The Morgan fingerprint density at radius 1 is 1.29 bits per heavy atom. The van der Waals surface area contributed by atoms with Crippen molar-refractivity contribution >= 4 is 29.1 Å². The van der Waals surface area contributed by atoms with Crippen LogP contribution in [0.5, 0.6) is 0 Å². The standard InChI is InChI=1S/C12H15ClN2O2/c1-9(16)10-3-5-11(6-4-10)14-12(17)15(2)8-7-13/h3-6H,7-8H2,1-2H3,(H,14,17). The van der Waals surface area contributed by atoms with Crippen molar-refractivity contribution in [1.29, 1.82) is 0 Å². The van der Waals surface area contributed by atoms with Crippen LogP contribution in [0.15, 0.2) is 24.3 Å². The number of hydrogen-bond donors (Lipinski definition) is 1. The van der Waals surface area contributed by atoms with Gasteiger partial charge in [0.25, 0.3) is 0 Å². The van der Waals surface area contributed by atoms with Gasteiger partial charge in [-0.1, -0.05) is 0 Å². The van der Waals surface area contributed by atoms with Crippen LogP contribution in [-0.2, 0) is 0 Å². The number of urea groups is 1. The highest BCUT2D eigenvalue weighted by Crippen LogP contribution is 2.10. The second-order valence-corrected chi connectivity index (χ2v) is 4.05. The lowest BCUT2D eigenvalue weighted by Crippen LogP contribution is -2.32. The third-order valence-corrected chi connectivity index (χ3v) is 2.48. The maximum Gasteiger partial charge on any atom is 0.321 e. The number of Topliss-reactive ketones (excluding diaryl/α,β-unsaturated/α-hetero) is 1. The Labute approximate surface area is 106 Å². The van der Waals surface area contributed by atoms with Crippen LogP contribution in [0.25, 0.3) is 0 Å². The summed E-state index contributed by atoms with van der Waals surface area (Å²) in [4.78, 5) is 24.2. The van der Waals surface area contributed by atoms with Gasteiger partial charge in [0.05, 0.1) is 0 Å². The summed E-state index contributed by atoms with van der Waals surface area (Å²) in [5.41, 5.74) is 1.28. The monoisotopic (exact) mass is 254 g/mol. The summed E-state index contributed by atoms with van der Waals surface area (Å²) in [6.07, 6.45) is 0. The van der Waals surface area contributed by atoms with Crippen LogP contribution >= 0.6 is 11.6 Å². The number of hydrogen-bond acceptors (Lipinski definition) is 2. The van der Waals surface area contributed by atoms with Crippen molar-refractivity contribution in [2.45, 2.75) is 6.92 Å². The van der Waals surface area contributed by atoms with E-state index in [-0.39, 0.29) is 11.8 Å². The normalized spacial score (nSPS) is 9.82. The molecular formula is C12H15ClN2O2. The summed E-state index contributed by atoms with van der Waals surface area (Å²) in [6, 6.07) is 6.53. The van der Waals surface area contributed by atoms with E-state index in [1.54, 1.807) is 31.3 Å². The van der Waals surface area contributed by atoms with Gasteiger partial charge in [-0.2, -0.15) is 0 Å². The van der Waals surface area contributed by atoms with Gasteiger partial charge in [0.2, 0.25) is 0 Å². The fourth-order valence-electron chi connectivity index (χ4n) is 1.24. The molecular weight excluding hydrogens is 240 g/mol. The molecule has 0 aromatic heterocycles. The molecule has 92 valence electrons. The fraction of sp³-hybridized carbons (Fsp3) is 0.333. The molecule has 0 atom stereocenters. The summed E-state index contributed by atoms with van der Waals surface area (Å²) in [5.74, 6) is 0.398. The fourth-order valence-corrected chi connectivity index (χ4v) is 1.49. The Bertz CT molecular complexity index is 403. The predicted molar refractivity (Wildman–Crippen MR) is 68.8 cm³/mol. The average Bonchev–Trinajstić information content (AvgIpc) is 2.30. The van der Waals surface area contributed by atoms with Gasteiger partial charge in [0.1, 0.15) is 0 Å². The number of alkyl halides is 1. The highest BCUT2D eigenvalue weighted by atomic mass is 35.5. The van der Waals surface area contributed by atoms with Crippen molar-refractivity contribution in [2.75, 3.05) is 24.8 Å². The van der Waals surface area contributed by atoms with E-state index in [1.807, 2.05) is 0 Å². The van der Waals surface area contributed by atoms with Crippen LogP contribution in [0.1, 0.15) is 17.3 Å². The molecule has 4 nitrogen and oxygen atoms in total. The van der Waals surface area contributed by atoms with Crippen LogP contribution in [-0.4, -0.2) is 36.2 Å². The third kappa shape index (κ3) is 4.07. The molecule has 0 fully saturated rings. The van der Waals surface area contributed by atoms with Crippen molar-refractivity contribution in [3.63, 3.8) is 0 Å². The third-order valence-electron chi connectivity index (χ3n) is 2.31. The first-order valence-corrected chi connectivity index (χ1v) is 5.77.